The zero-order chi connectivity index (χ0) is 26.2. The van der Waals surface area contributed by atoms with Gasteiger partial charge >= 0.3 is 6.18 Å². The topological polar surface area (TPSA) is 114 Å². The van der Waals surface area contributed by atoms with E-state index in [0.717, 1.165) is 22.9 Å². The van der Waals surface area contributed by atoms with Gasteiger partial charge in [-0.05, 0) is 37.1 Å². The molecule has 0 bridgehead atoms. The van der Waals surface area contributed by atoms with Crippen molar-refractivity contribution in [3.63, 3.8) is 0 Å². The highest BCUT2D eigenvalue weighted by atomic mass is 19.4. The predicted octanol–water partition coefficient (Wildman–Crippen LogP) is 4.62. The van der Waals surface area contributed by atoms with Gasteiger partial charge in [0.05, 0.1) is 6.20 Å². The third kappa shape index (κ3) is 4.86. The molecule has 5 rings (SSSR count). The number of alkyl halides is 3. The molecule has 1 atom stereocenters. The van der Waals surface area contributed by atoms with E-state index >= 15 is 0 Å². The van der Waals surface area contributed by atoms with Gasteiger partial charge in [0.15, 0.2) is 11.5 Å². The first-order chi connectivity index (χ1) is 17.7. The summed E-state index contributed by atoms with van der Waals surface area (Å²) < 4.78 is 39.6. The summed E-state index contributed by atoms with van der Waals surface area (Å²) in [4.78, 5) is 38.1. The summed E-state index contributed by atoms with van der Waals surface area (Å²) in [6, 6.07) is 4.79. The van der Waals surface area contributed by atoms with Crippen LogP contribution in [0.15, 0.2) is 49.2 Å². The maximum Gasteiger partial charge on any atom is 0.405 e. The van der Waals surface area contributed by atoms with Crippen LogP contribution in [-0.4, -0.2) is 53.1 Å². The lowest BCUT2D eigenvalue weighted by molar-refractivity contribution is -0.140. The van der Waals surface area contributed by atoms with Gasteiger partial charge in [0.1, 0.15) is 29.6 Å². The average molecular weight is 509 g/mol. The molecule has 0 aromatic carbocycles. The highest BCUT2D eigenvalue weighted by Crippen LogP contribution is 2.30. The molecule has 0 fully saturated rings. The second-order valence-electron chi connectivity index (χ2n) is 8.62. The van der Waals surface area contributed by atoms with E-state index in [4.69, 9.17) is 4.98 Å². The molecule has 5 aromatic rings. The second-order valence-corrected chi connectivity index (χ2v) is 8.62. The Kier molecular flexibility index (Phi) is 6.32. The van der Waals surface area contributed by atoms with Gasteiger partial charge in [-0.15, -0.1) is 0 Å². The maximum absolute atomic E-state index is 12.7. The predicted molar refractivity (Wildman–Crippen MR) is 131 cm³/mol. The monoisotopic (exact) mass is 508 g/mol. The smallest absolute Gasteiger partial charge is 0.345 e. The molecule has 1 unspecified atom stereocenters. The summed E-state index contributed by atoms with van der Waals surface area (Å²) in [5.41, 5.74) is 4.01. The average Bonchev–Trinajstić information content (AvgIpc) is 3.47. The van der Waals surface area contributed by atoms with Crippen LogP contribution in [0.25, 0.3) is 44.7 Å². The number of fused-ring (bicyclic) bond motifs is 2. The van der Waals surface area contributed by atoms with Crippen molar-refractivity contribution in [2.45, 2.75) is 38.9 Å². The molecular formula is C25H23F3N8O. The maximum atomic E-state index is 12.7. The molecule has 5 heterocycles. The van der Waals surface area contributed by atoms with Gasteiger partial charge in [-0.1, -0.05) is 6.92 Å². The van der Waals surface area contributed by atoms with E-state index in [-0.39, 0.29) is 0 Å². The van der Waals surface area contributed by atoms with Crippen LogP contribution in [0.4, 0.5) is 13.2 Å². The Morgan fingerprint density at radius 1 is 1.14 bits per heavy atom. The number of H-pyrrole nitrogens is 1. The van der Waals surface area contributed by atoms with Crippen LogP contribution in [0.3, 0.4) is 0 Å². The lowest BCUT2D eigenvalue weighted by atomic mass is 10.1. The number of pyridine rings is 2. The van der Waals surface area contributed by atoms with E-state index in [9.17, 15) is 18.0 Å². The van der Waals surface area contributed by atoms with Crippen LogP contribution < -0.4 is 5.32 Å². The van der Waals surface area contributed by atoms with Gasteiger partial charge in [-0.2, -0.15) is 13.2 Å². The lowest BCUT2D eigenvalue weighted by Gasteiger charge is -2.17. The fraction of sp³-hybridized carbons (Fsp3) is 0.280. The van der Waals surface area contributed by atoms with E-state index in [0.29, 0.717) is 40.4 Å². The summed E-state index contributed by atoms with van der Waals surface area (Å²) >= 11 is 0. The Labute approximate surface area is 209 Å². The minimum atomic E-state index is -4.51. The molecule has 2 N–H and O–H groups in total. The van der Waals surface area contributed by atoms with Crippen molar-refractivity contribution in [3.05, 3.63) is 55.0 Å². The Morgan fingerprint density at radius 2 is 1.92 bits per heavy atom. The summed E-state index contributed by atoms with van der Waals surface area (Å²) in [7, 11) is 0. The number of nitrogens with zero attached hydrogens (tertiary/aromatic N) is 6. The number of hydrogen-bond acceptors (Lipinski definition) is 6. The van der Waals surface area contributed by atoms with Gasteiger partial charge in [0.2, 0.25) is 5.91 Å². The molecule has 190 valence electrons. The van der Waals surface area contributed by atoms with Crippen LogP contribution in [0.5, 0.6) is 0 Å². The van der Waals surface area contributed by atoms with Crippen molar-refractivity contribution in [2.24, 2.45) is 0 Å². The Balaban J connectivity index is 1.58. The van der Waals surface area contributed by atoms with Crippen LogP contribution in [0, 0.1) is 0 Å². The van der Waals surface area contributed by atoms with Crippen LogP contribution in [0.1, 0.15) is 32.1 Å². The van der Waals surface area contributed by atoms with E-state index < -0.39 is 24.7 Å². The van der Waals surface area contributed by atoms with Crippen molar-refractivity contribution in [1.29, 1.82) is 0 Å². The number of carbonyl (C=O) groups is 1. The van der Waals surface area contributed by atoms with Gasteiger partial charge in [0.25, 0.3) is 0 Å². The third-order valence-corrected chi connectivity index (χ3v) is 5.99. The highest BCUT2D eigenvalue weighted by Gasteiger charge is 2.30. The minimum Gasteiger partial charge on any atom is -0.345 e. The first-order valence-electron chi connectivity index (χ1n) is 11.7. The van der Waals surface area contributed by atoms with E-state index in [1.54, 1.807) is 35.6 Å². The molecule has 0 spiro atoms. The number of aromatic amines is 1. The zero-order valence-electron chi connectivity index (χ0n) is 20.0. The molecule has 5 aromatic heterocycles. The van der Waals surface area contributed by atoms with E-state index in [1.165, 1.54) is 6.92 Å². The number of halogens is 3. The molecular weight excluding hydrogens is 485 g/mol. The Hall–Kier alpha value is -4.35. The molecule has 0 aliphatic carbocycles. The molecule has 9 nitrogen and oxygen atoms in total. The van der Waals surface area contributed by atoms with Crippen molar-refractivity contribution < 1.29 is 18.0 Å². The fourth-order valence-electron chi connectivity index (χ4n) is 4.22. The van der Waals surface area contributed by atoms with Gasteiger partial charge in [-0.25, -0.2) is 19.9 Å². The zero-order valence-corrected chi connectivity index (χ0v) is 20.0. The molecule has 12 heteroatoms. The number of imidazole rings is 1. The fourth-order valence-corrected chi connectivity index (χ4v) is 4.22. The standard InChI is InChI=1S/C25H23F3N8O/c1-3-4-20-34-19-12-32-22(35-23(19)36(20)14(2)24(37)33-13-25(26,27)28)18-11-31-21-17(18)9-16(10-30-21)15-5-7-29-8-6-15/h5-12,14H,3-4,13H2,1-2H3,(H,30,31)(H,33,37). The number of nitrogens with one attached hydrogen (secondary N) is 2. The van der Waals surface area contributed by atoms with Crippen LogP contribution in [0.2, 0.25) is 0 Å². The molecule has 1 amide bonds. The molecule has 0 saturated heterocycles. The van der Waals surface area contributed by atoms with Crippen molar-refractivity contribution in [2.75, 3.05) is 6.54 Å². The Morgan fingerprint density at radius 3 is 2.65 bits per heavy atom. The largest absolute Gasteiger partial charge is 0.405 e. The Bertz CT molecular complexity index is 1580. The number of amides is 1. The first-order valence-corrected chi connectivity index (χ1v) is 11.7. The summed E-state index contributed by atoms with van der Waals surface area (Å²) in [6.07, 6.45) is 5.23. The summed E-state index contributed by atoms with van der Waals surface area (Å²) in [6.45, 7) is 2.08. The number of carbonyl (C=O) groups excluding carboxylic acids is 1. The number of aromatic nitrogens is 7. The van der Waals surface area contributed by atoms with Crippen molar-refractivity contribution in [1.82, 2.24) is 39.8 Å². The summed E-state index contributed by atoms with van der Waals surface area (Å²) in [5, 5.41) is 2.75. The molecule has 0 saturated carbocycles. The normalized spacial score (nSPS) is 12.8. The first kappa shape index (κ1) is 24.3. The summed E-state index contributed by atoms with van der Waals surface area (Å²) in [5.74, 6) is 0.158. The van der Waals surface area contributed by atoms with Gasteiger partial charge in [-0.3, -0.25) is 9.78 Å². The van der Waals surface area contributed by atoms with Crippen molar-refractivity contribution >= 4 is 28.1 Å². The number of aryl methyl sites for hydroxylation is 1. The van der Waals surface area contributed by atoms with Gasteiger partial charge in [0, 0.05) is 47.7 Å². The van der Waals surface area contributed by atoms with Gasteiger partial charge < -0.3 is 14.9 Å². The van der Waals surface area contributed by atoms with Crippen LogP contribution in [-0.2, 0) is 11.2 Å². The lowest BCUT2D eigenvalue weighted by Crippen LogP contribution is -2.38. The quantitative estimate of drug-likeness (QED) is 0.332. The van der Waals surface area contributed by atoms with E-state index in [2.05, 4.69) is 24.9 Å². The molecule has 0 radical (unpaired) electrons. The van der Waals surface area contributed by atoms with Crippen LogP contribution >= 0.6 is 0 Å². The second kappa shape index (κ2) is 9.60. The molecule has 0 aliphatic rings. The minimum absolute atomic E-state index is 0.371. The van der Waals surface area contributed by atoms with E-state index in [1.807, 2.05) is 30.4 Å². The number of rotatable bonds is 7. The highest BCUT2D eigenvalue weighted by molar-refractivity contribution is 5.95. The SMILES string of the molecule is CCCc1nc2cnc(-c3c[nH]c4ncc(-c5ccncc5)cc34)nc2n1C(C)C(=O)NCC(F)(F)F. The molecule has 37 heavy (non-hydrogen) atoms. The third-order valence-electron chi connectivity index (χ3n) is 5.99. The number of hydrogen-bond donors (Lipinski definition) is 2. The van der Waals surface area contributed by atoms with Crippen molar-refractivity contribution in [3.8, 4) is 22.5 Å². The molecule has 0 aliphatic heterocycles.